The third kappa shape index (κ3) is 5.95. The average Bonchev–Trinajstić information content (AvgIpc) is 2.80. The zero-order chi connectivity index (χ0) is 22.9. The van der Waals surface area contributed by atoms with Gasteiger partial charge in [-0.3, -0.25) is 9.59 Å². The molecule has 7 heteroatoms. The van der Waals surface area contributed by atoms with Gasteiger partial charge in [0.15, 0.2) is 0 Å². The summed E-state index contributed by atoms with van der Waals surface area (Å²) in [6, 6.07) is 18.1. The van der Waals surface area contributed by atoms with Crippen molar-refractivity contribution in [3.8, 4) is 5.75 Å². The molecule has 0 aromatic heterocycles. The van der Waals surface area contributed by atoms with Crippen LogP contribution in [0.15, 0.2) is 70.2 Å². The van der Waals surface area contributed by atoms with Crippen molar-refractivity contribution in [1.29, 1.82) is 0 Å². The van der Waals surface area contributed by atoms with Crippen molar-refractivity contribution >= 4 is 44.7 Å². The van der Waals surface area contributed by atoms with Crippen LogP contribution < -0.4 is 15.5 Å². The van der Waals surface area contributed by atoms with E-state index in [9.17, 15) is 9.59 Å². The van der Waals surface area contributed by atoms with Crippen LogP contribution in [0.3, 0.4) is 0 Å². The molecule has 0 saturated carbocycles. The normalized spacial score (nSPS) is 12.0. The maximum Gasteiger partial charge on any atom is 0.262 e. The van der Waals surface area contributed by atoms with Gasteiger partial charge in [0.2, 0.25) is 0 Å². The fraction of sp³-hybridized carbons (Fsp3) is 0.240. The Morgan fingerprint density at radius 3 is 2.62 bits per heavy atom. The highest BCUT2D eigenvalue weighted by molar-refractivity contribution is 9.10. The number of carbonyl (C=O) groups excluding carboxylic acids is 2. The predicted octanol–water partition coefficient (Wildman–Crippen LogP) is 5.05. The lowest BCUT2D eigenvalue weighted by Gasteiger charge is -2.13. The summed E-state index contributed by atoms with van der Waals surface area (Å²) in [6.45, 7) is 4.33. The van der Waals surface area contributed by atoms with Crippen LogP contribution in [0.5, 0.6) is 5.75 Å². The Morgan fingerprint density at radius 1 is 1.09 bits per heavy atom. The molecule has 2 amide bonds. The maximum atomic E-state index is 12.5. The van der Waals surface area contributed by atoms with Crippen molar-refractivity contribution in [2.24, 2.45) is 5.10 Å². The SMILES string of the molecule is CCCCOc1ccc2ccccc2c1C=NNC(=O)C(C)NC(=O)c1ccccc1Br. The number of hydrogen-bond acceptors (Lipinski definition) is 4. The van der Waals surface area contributed by atoms with Crippen molar-refractivity contribution < 1.29 is 14.3 Å². The Bertz CT molecular complexity index is 1130. The standard InChI is InChI=1S/C25H26BrN3O3/c1-3-4-15-32-23-14-13-18-9-5-6-10-19(18)21(23)16-27-29-24(30)17(2)28-25(31)20-11-7-8-12-22(20)26/h5-14,16-17H,3-4,15H2,1-2H3,(H,28,31)(H,29,30). The quantitative estimate of drug-likeness (QED) is 0.247. The van der Waals surface area contributed by atoms with Crippen LogP contribution in [0.1, 0.15) is 42.6 Å². The number of fused-ring (bicyclic) bond motifs is 1. The molecule has 0 aliphatic rings. The highest BCUT2D eigenvalue weighted by Gasteiger charge is 2.17. The van der Waals surface area contributed by atoms with E-state index in [0.29, 0.717) is 22.4 Å². The molecule has 6 nitrogen and oxygen atoms in total. The molecule has 0 saturated heterocycles. The first-order chi connectivity index (χ1) is 15.5. The van der Waals surface area contributed by atoms with Gasteiger partial charge >= 0.3 is 0 Å². The van der Waals surface area contributed by atoms with Crippen LogP contribution in [0, 0.1) is 0 Å². The van der Waals surface area contributed by atoms with E-state index in [1.165, 1.54) is 0 Å². The summed E-state index contributed by atoms with van der Waals surface area (Å²) in [6.07, 6.45) is 3.58. The minimum absolute atomic E-state index is 0.343. The number of benzene rings is 3. The van der Waals surface area contributed by atoms with E-state index in [1.54, 1.807) is 31.3 Å². The molecule has 32 heavy (non-hydrogen) atoms. The smallest absolute Gasteiger partial charge is 0.262 e. The Morgan fingerprint density at radius 2 is 1.84 bits per heavy atom. The molecule has 0 aliphatic heterocycles. The number of carbonyl (C=O) groups is 2. The number of unbranched alkanes of at least 4 members (excludes halogenated alkanes) is 1. The number of nitrogens with zero attached hydrogens (tertiary/aromatic N) is 1. The first-order valence-electron chi connectivity index (χ1n) is 10.5. The lowest BCUT2D eigenvalue weighted by molar-refractivity contribution is -0.122. The van der Waals surface area contributed by atoms with Gasteiger partial charge in [-0.1, -0.05) is 55.8 Å². The van der Waals surface area contributed by atoms with Gasteiger partial charge in [-0.2, -0.15) is 5.10 Å². The molecule has 3 aromatic rings. The van der Waals surface area contributed by atoms with Gasteiger partial charge in [0, 0.05) is 10.0 Å². The Labute approximate surface area is 196 Å². The average molecular weight is 496 g/mol. The summed E-state index contributed by atoms with van der Waals surface area (Å²) in [5, 5.41) is 8.85. The minimum Gasteiger partial charge on any atom is -0.493 e. The Balaban J connectivity index is 1.70. The second kappa shape index (κ2) is 11.4. The zero-order valence-corrected chi connectivity index (χ0v) is 19.7. The van der Waals surface area contributed by atoms with Crippen LogP contribution in [0.4, 0.5) is 0 Å². The number of rotatable bonds is 9. The maximum absolute atomic E-state index is 12.5. The molecular weight excluding hydrogens is 470 g/mol. The van der Waals surface area contributed by atoms with Gasteiger partial charge < -0.3 is 10.1 Å². The Hall–Kier alpha value is -3.19. The van der Waals surface area contributed by atoms with E-state index >= 15 is 0 Å². The molecule has 0 bridgehead atoms. The highest BCUT2D eigenvalue weighted by Crippen LogP contribution is 2.27. The summed E-state index contributed by atoms with van der Waals surface area (Å²) in [4.78, 5) is 24.9. The minimum atomic E-state index is -0.764. The summed E-state index contributed by atoms with van der Waals surface area (Å²) in [7, 11) is 0. The molecule has 1 atom stereocenters. The predicted molar refractivity (Wildman–Crippen MR) is 131 cm³/mol. The third-order valence-electron chi connectivity index (χ3n) is 4.91. The summed E-state index contributed by atoms with van der Waals surface area (Å²) < 4.78 is 6.60. The molecule has 2 N–H and O–H groups in total. The molecular formula is C25H26BrN3O3. The van der Waals surface area contributed by atoms with E-state index in [4.69, 9.17) is 4.74 Å². The number of amides is 2. The lowest BCUT2D eigenvalue weighted by Crippen LogP contribution is -2.43. The highest BCUT2D eigenvalue weighted by atomic mass is 79.9. The molecule has 166 valence electrons. The second-order valence-electron chi connectivity index (χ2n) is 7.31. The summed E-state index contributed by atoms with van der Waals surface area (Å²) in [5.74, 6) is -0.0504. The van der Waals surface area contributed by atoms with E-state index < -0.39 is 11.9 Å². The van der Waals surface area contributed by atoms with Gasteiger partial charge in [-0.25, -0.2) is 5.43 Å². The first-order valence-corrected chi connectivity index (χ1v) is 11.3. The second-order valence-corrected chi connectivity index (χ2v) is 8.16. The van der Waals surface area contributed by atoms with Crippen molar-refractivity contribution in [3.63, 3.8) is 0 Å². The zero-order valence-electron chi connectivity index (χ0n) is 18.1. The molecule has 0 aliphatic carbocycles. The number of hydrazone groups is 1. The van der Waals surface area contributed by atoms with Crippen LogP contribution in [-0.2, 0) is 4.79 Å². The van der Waals surface area contributed by atoms with Gasteiger partial charge in [-0.05, 0) is 58.2 Å². The van der Waals surface area contributed by atoms with Crippen molar-refractivity contribution in [3.05, 3.63) is 76.3 Å². The number of nitrogens with one attached hydrogen (secondary N) is 2. The topological polar surface area (TPSA) is 79.8 Å². The first kappa shape index (κ1) is 23.5. The molecule has 3 rings (SSSR count). The fourth-order valence-corrected chi connectivity index (χ4v) is 3.57. The monoisotopic (exact) mass is 495 g/mol. The third-order valence-corrected chi connectivity index (χ3v) is 5.61. The van der Waals surface area contributed by atoms with Crippen LogP contribution >= 0.6 is 15.9 Å². The van der Waals surface area contributed by atoms with E-state index in [-0.39, 0.29) is 5.91 Å². The van der Waals surface area contributed by atoms with E-state index in [0.717, 1.165) is 29.2 Å². The van der Waals surface area contributed by atoms with Crippen LogP contribution in [-0.4, -0.2) is 30.7 Å². The van der Waals surface area contributed by atoms with Crippen molar-refractivity contribution in [2.75, 3.05) is 6.61 Å². The fourth-order valence-electron chi connectivity index (χ4n) is 3.10. The number of ether oxygens (including phenoxy) is 1. The van der Waals surface area contributed by atoms with Crippen molar-refractivity contribution in [1.82, 2.24) is 10.7 Å². The van der Waals surface area contributed by atoms with Gasteiger partial charge in [0.05, 0.1) is 18.4 Å². The van der Waals surface area contributed by atoms with Gasteiger partial charge in [-0.15, -0.1) is 0 Å². The molecule has 1 unspecified atom stereocenters. The number of halogens is 1. The Kier molecular flexibility index (Phi) is 8.39. The molecule has 3 aromatic carbocycles. The van der Waals surface area contributed by atoms with Crippen molar-refractivity contribution in [2.45, 2.75) is 32.7 Å². The summed E-state index contributed by atoms with van der Waals surface area (Å²) in [5.41, 5.74) is 3.76. The number of hydrogen-bond donors (Lipinski definition) is 2. The largest absolute Gasteiger partial charge is 0.493 e. The van der Waals surface area contributed by atoms with Crippen LogP contribution in [0.25, 0.3) is 10.8 Å². The molecule has 0 spiro atoms. The van der Waals surface area contributed by atoms with Crippen LogP contribution in [0.2, 0.25) is 0 Å². The van der Waals surface area contributed by atoms with Gasteiger partial charge in [0.25, 0.3) is 11.8 Å². The molecule has 0 radical (unpaired) electrons. The van der Waals surface area contributed by atoms with E-state index in [1.807, 2.05) is 42.5 Å². The van der Waals surface area contributed by atoms with Gasteiger partial charge in [0.1, 0.15) is 11.8 Å². The van der Waals surface area contributed by atoms with E-state index in [2.05, 4.69) is 38.7 Å². The lowest BCUT2D eigenvalue weighted by atomic mass is 10.0. The molecule has 0 heterocycles. The summed E-state index contributed by atoms with van der Waals surface area (Å²) >= 11 is 3.34. The molecule has 0 fully saturated rings.